The van der Waals surface area contributed by atoms with E-state index in [1.165, 1.54) is 12.1 Å². The third-order valence-corrected chi connectivity index (χ3v) is 2.78. The summed E-state index contributed by atoms with van der Waals surface area (Å²) in [5, 5.41) is 6.10. The number of carbonyl (C=O) groups is 1. The normalized spacial score (nSPS) is 16.4. The summed E-state index contributed by atoms with van der Waals surface area (Å²) in [5.74, 6) is -0.498. The lowest BCUT2D eigenvalue weighted by Gasteiger charge is -2.15. The number of hydrogen-bond donors (Lipinski definition) is 2. The first kappa shape index (κ1) is 12.2. The van der Waals surface area contributed by atoms with E-state index in [0.29, 0.717) is 16.8 Å². The average molecular weight is 257 g/mol. The van der Waals surface area contributed by atoms with Gasteiger partial charge in [-0.3, -0.25) is 4.79 Å². The molecule has 0 heterocycles. The van der Waals surface area contributed by atoms with Crippen LogP contribution in [0.4, 0.5) is 10.1 Å². The van der Waals surface area contributed by atoms with E-state index in [0.717, 1.165) is 12.8 Å². The first-order valence-corrected chi connectivity index (χ1v) is 5.95. The van der Waals surface area contributed by atoms with Crippen LogP contribution in [0.15, 0.2) is 18.2 Å². The molecular formula is C12H14ClFN2O. The van der Waals surface area contributed by atoms with E-state index in [2.05, 4.69) is 10.6 Å². The lowest BCUT2D eigenvalue weighted by molar-refractivity contribution is -0.121. The number of halogens is 2. The fourth-order valence-corrected chi connectivity index (χ4v) is 1.73. The highest BCUT2D eigenvalue weighted by molar-refractivity contribution is 6.30. The second kappa shape index (κ2) is 4.92. The molecule has 1 aliphatic rings. The molecule has 1 aliphatic carbocycles. The van der Waals surface area contributed by atoms with Crippen LogP contribution in [0.25, 0.3) is 0 Å². The molecule has 0 saturated heterocycles. The largest absolute Gasteiger partial charge is 0.374 e. The number of rotatable bonds is 4. The molecule has 0 radical (unpaired) electrons. The molecule has 1 aromatic rings. The van der Waals surface area contributed by atoms with Crippen molar-refractivity contribution in [2.24, 2.45) is 0 Å². The van der Waals surface area contributed by atoms with E-state index < -0.39 is 11.9 Å². The van der Waals surface area contributed by atoms with Gasteiger partial charge in [0.1, 0.15) is 11.9 Å². The summed E-state index contributed by atoms with van der Waals surface area (Å²) < 4.78 is 13.1. The minimum Gasteiger partial charge on any atom is -0.374 e. The first-order chi connectivity index (χ1) is 8.04. The summed E-state index contributed by atoms with van der Waals surface area (Å²) in [6.45, 7) is 1.73. The Labute approximate surface area is 104 Å². The maximum absolute atomic E-state index is 13.1. The van der Waals surface area contributed by atoms with Crippen LogP contribution in [0, 0.1) is 5.82 Å². The van der Waals surface area contributed by atoms with E-state index in [-0.39, 0.29) is 5.91 Å². The number of benzene rings is 1. The number of hydrogen-bond acceptors (Lipinski definition) is 2. The SMILES string of the molecule is CC(Nc1cc(F)cc(Cl)c1)C(=O)NC1CC1. The van der Waals surface area contributed by atoms with Crippen molar-refractivity contribution in [3.05, 3.63) is 29.0 Å². The predicted molar refractivity (Wildman–Crippen MR) is 65.7 cm³/mol. The molecule has 1 atom stereocenters. The fourth-order valence-electron chi connectivity index (χ4n) is 1.51. The van der Waals surface area contributed by atoms with Crippen LogP contribution in [0.2, 0.25) is 5.02 Å². The van der Waals surface area contributed by atoms with Gasteiger partial charge in [0.05, 0.1) is 0 Å². The predicted octanol–water partition coefficient (Wildman–Crippen LogP) is 2.56. The van der Waals surface area contributed by atoms with Gasteiger partial charge in [0.15, 0.2) is 0 Å². The summed E-state index contributed by atoms with van der Waals surface area (Å²) in [6.07, 6.45) is 2.09. The van der Waals surface area contributed by atoms with E-state index in [1.54, 1.807) is 13.0 Å². The molecule has 1 unspecified atom stereocenters. The minimum absolute atomic E-state index is 0.0760. The van der Waals surface area contributed by atoms with Crippen molar-refractivity contribution in [3.8, 4) is 0 Å². The molecule has 0 bridgehead atoms. The van der Waals surface area contributed by atoms with Gasteiger partial charge in [0.2, 0.25) is 5.91 Å². The molecule has 1 fully saturated rings. The summed E-state index contributed by atoms with van der Waals surface area (Å²) in [6, 6.07) is 4.04. The second-order valence-electron chi connectivity index (χ2n) is 4.31. The standard InChI is InChI=1S/C12H14ClFN2O/c1-7(12(17)16-10-2-3-10)15-11-5-8(13)4-9(14)6-11/h4-7,10,15H,2-3H2,1H3,(H,16,17). The molecule has 0 aliphatic heterocycles. The van der Waals surface area contributed by atoms with E-state index >= 15 is 0 Å². The van der Waals surface area contributed by atoms with Crippen molar-refractivity contribution in [2.45, 2.75) is 31.8 Å². The maximum Gasteiger partial charge on any atom is 0.242 e. The molecular weight excluding hydrogens is 243 g/mol. The Balaban J connectivity index is 1.96. The summed E-state index contributed by atoms with van der Waals surface area (Å²) in [4.78, 5) is 11.7. The molecule has 0 aromatic heterocycles. The number of carbonyl (C=O) groups excluding carboxylic acids is 1. The molecule has 92 valence electrons. The quantitative estimate of drug-likeness (QED) is 0.869. The smallest absolute Gasteiger partial charge is 0.242 e. The Morgan fingerprint density at radius 3 is 2.76 bits per heavy atom. The van der Waals surface area contributed by atoms with Gasteiger partial charge in [-0.25, -0.2) is 4.39 Å². The van der Waals surface area contributed by atoms with Crippen molar-refractivity contribution < 1.29 is 9.18 Å². The van der Waals surface area contributed by atoms with E-state index in [1.807, 2.05) is 0 Å². The molecule has 3 nitrogen and oxygen atoms in total. The molecule has 0 spiro atoms. The van der Waals surface area contributed by atoms with Crippen LogP contribution in [-0.4, -0.2) is 18.0 Å². The number of anilines is 1. The van der Waals surface area contributed by atoms with E-state index in [9.17, 15) is 9.18 Å². The van der Waals surface area contributed by atoms with Gasteiger partial charge in [-0.2, -0.15) is 0 Å². The summed E-state index contributed by atoms with van der Waals surface area (Å²) in [5.41, 5.74) is 0.508. The molecule has 2 rings (SSSR count). The topological polar surface area (TPSA) is 41.1 Å². The van der Waals surface area contributed by atoms with Crippen molar-refractivity contribution in [1.29, 1.82) is 0 Å². The van der Waals surface area contributed by atoms with Crippen molar-refractivity contribution in [3.63, 3.8) is 0 Å². The Morgan fingerprint density at radius 1 is 1.47 bits per heavy atom. The Kier molecular flexibility index (Phi) is 3.52. The zero-order chi connectivity index (χ0) is 12.4. The van der Waals surface area contributed by atoms with Gasteiger partial charge in [-0.15, -0.1) is 0 Å². The Bertz CT molecular complexity index is 414. The average Bonchev–Trinajstić information content (AvgIpc) is 2.99. The maximum atomic E-state index is 13.1. The van der Waals surface area contributed by atoms with Gasteiger partial charge < -0.3 is 10.6 Å². The van der Waals surface area contributed by atoms with Crippen LogP contribution in [0.5, 0.6) is 0 Å². The molecule has 2 N–H and O–H groups in total. The van der Waals surface area contributed by atoms with Crippen LogP contribution in [0.3, 0.4) is 0 Å². The second-order valence-corrected chi connectivity index (χ2v) is 4.74. The molecule has 5 heteroatoms. The third kappa shape index (κ3) is 3.60. The van der Waals surface area contributed by atoms with Gasteiger partial charge in [-0.1, -0.05) is 11.6 Å². The van der Waals surface area contributed by atoms with E-state index in [4.69, 9.17) is 11.6 Å². The zero-order valence-electron chi connectivity index (χ0n) is 9.47. The number of amides is 1. The van der Waals surface area contributed by atoms with Gasteiger partial charge in [0, 0.05) is 16.8 Å². The third-order valence-electron chi connectivity index (χ3n) is 2.56. The minimum atomic E-state index is -0.421. The molecule has 17 heavy (non-hydrogen) atoms. The van der Waals surface area contributed by atoms with Crippen molar-refractivity contribution >= 4 is 23.2 Å². The van der Waals surface area contributed by atoms with Crippen molar-refractivity contribution in [2.75, 3.05) is 5.32 Å². The zero-order valence-corrected chi connectivity index (χ0v) is 10.2. The van der Waals surface area contributed by atoms with Crippen LogP contribution >= 0.6 is 11.6 Å². The highest BCUT2D eigenvalue weighted by Gasteiger charge is 2.25. The molecule has 1 saturated carbocycles. The van der Waals surface area contributed by atoms with Crippen LogP contribution < -0.4 is 10.6 Å². The first-order valence-electron chi connectivity index (χ1n) is 5.57. The Hall–Kier alpha value is -1.29. The van der Waals surface area contributed by atoms with Crippen LogP contribution in [0.1, 0.15) is 19.8 Å². The summed E-state index contributed by atoms with van der Waals surface area (Å²) >= 11 is 5.73. The van der Waals surface area contributed by atoms with Crippen molar-refractivity contribution in [1.82, 2.24) is 5.32 Å². The van der Waals surface area contributed by atoms with Gasteiger partial charge in [-0.05, 0) is 38.0 Å². The molecule has 1 amide bonds. The highest BCUT2D eigenvalue weighted by atomic mass is 35.5. The fraction of sp³-hybridized carbons (Fsp3) is 0.417. The van der Waals surface area contributed by atoms with Gasteiger partial charge in [0.25, 0.3) is 0 Å². The number of nitrogens with one attached hydrogen (secondary N) is 2. The Morgan fingerprint density at radius 2 is 2.18 bits per heavy atom. The monoisotopic (exact) mass is 256 g/mol. The summed E-state index contributed by atoms with van der Waals surface area (Å²) in [7, 11) is 0. The highest BCUT2D eigenvalue weighted by Crippen LogP contribution is 2.20. The van der Waals surface area contributed by atoms with Crippen LogP contribution in [-0.2, 0) is 4.79 Å². The lowest BCUT2D eigenvalue weighted by atomic mass is 10.2. The lowest BCUT2D eigenvalue weighted by Crippen LogP contribution is -2.38. The van der Waals surface area contributed by atoms with Gasteiger partial charge >= 0.3 is 0 Å². The molecule has 1 aromatic carbocycles.